The molecule has 2 atom stereocenters. The lowest BCUT2D eigenvalue weighted by Crippen LogP contribution is -2.26. The van der Waals surface area contributed by atoms with Gasteiger partial charge in [0.05, 0.1) is 13.2 Å². The van der Waals surface area contributed by atoms with Crippen LogP contribution in [-0.4, -0.2) is 64.2 Å². The zero-order valence-corrected chi connectivity index (χ0v) is 17.0. The van der Waals surface area contributed by atoms with E-state index in [1.165, 1.54) is 6.07 Å². The Hall–Kier alpha value is -0.750. The molecule has 13 heteroatoms. The third kappa shape index (κ3) is 10.4. The Labute approximate surface area is 160 Å². The molecule has 0 radical (unpaired) electrons. The van der Waals surface area contributed by atoms with Crippen molar-refractivity contribution in [2.75, 3.05) is 49.6 Å². The topological polar surface area (TPSA) is 163 Å². The monoisotopic (exact) mass is 428 g/mol. The lowest BCUT2D eigenvalue weighted by molar-refractivity contribution is -0.00112. The Kier molecular flexibility index (Phi) is 11.3. The van der Waals surface area contributed by atoms with E-state index in [1.807, 2.05) is 6.26 Å². The highest BCUT2D eigenvalue weighted by molar-refractivity contribution is 8.76. The molecule has 0 bridgehead atoms. The van der Waals surface area contributed by atoms with Crippen molar-refractivity contribution in [2.24, 2.45) is 0 Å². The van der Waals surface area contributed by atoms with E-state index in [0.717, 1.165) is 12.2 Å². The van der Waals surface area contributed by atoms with Gasteiger partial charge in [-0.2, -0.15) is 9.97 Å². The molecule has 1 heterocycles. The van der Waals surface area contributed by atoms with Crippen LogP contribution >= 0.6 is 29.2 Å². The van der Waals surface area contributed by atoms with Gasteiger partial charge in [-0.15, -0.1) is 0 Å². The number of nitrogens with zero attached hydrogens (tertiary/aromatic N) is 2. The molecule has 1 rings (SSSR count). The Morgan fingerprint density at radius 1 is 1.35 bits per heavy atom. The van der Waals surface area contributed by atoms with Crippen LogP contribution in [0.5, 0.6) is 5.88 Å². The van der Waals surface area contributed by atoms with E-state index < -0.39 is 26.7 Å². The molecule has 10 nitrogen and oxygen atoms in total. The van der Waals surface area contributed by atoms with Gasteiger partial charge in [0.1, 0.15) is 24.9 Å². The van der Waals surface area contributed by atoms with Gasteiger partial charge in [-0.05, 0) is 19.1 Å². The summed E-state index contributed by atoms with van der Waals surface area (Å²) in [5.41, 5.74) is 11.0. The number of rotatable bonds is 14. The highest BCUT2D eigenvalue weighted by Gasteiger charge is 2.22. The standard InChI is InChI=1S/C13H25N4O6PS2/c1-25-26-5-3-2-4-23-24(19,20)9-22-10(7-18)8-21-12-6-11(14)16-13(15)17-12/h6,10,18H,2-5,7-9H2,1H3,(H,19,20)(H4,14,15,16,17). The molecule has 0 amide bonds. The van der Waals surface area contributed by atoms with Crippen LogP contribution in [0.25, 0.3) is 0 Å². The van der Waals surface area contributed by atoms with Crippen LogP contribution in [-0.2, 0) is 13.8 Å². The lowest BCUT2D eigenvalue weighted by atomic mass is 10.4. The summed E-state index contributed by atoms with van der Waals surface area (Å²) in [5.74, 6) is 1.16. The number of hydrogen-bond acceptors (Lipinski definition) is 11. The lowest BCUT2D eigenvalue weighted by Gasteiger charge is -2.18. The number of hydrogen-bond donors (Lipinski definition) is 4. The van der Waals surface area contributed by atoms with Gasteiger partial charge < -0.3 is 35.5 Å². The molecule has 0 saturated heterocycles. The molecule has 0 spiro atoms. The fourth-order valence-corrected chi connectivity index (χ4v) is 3.89. The third-order valence-corrected chi connectivity index (χ3v) is 5.83. The summed E-state index contributed by atoms with van der Waals surface area (Å²) in [6, 6.07) is 1.36. The second-order valence-electron chi connectivity index (χ2n) is 5.07. The average Bonchev–Trinajstić information content (AvgIpc) is 2.57. The zero-order chi connectivity index (χ0) is 19.4. The fraction of sp³-hybridized carbons (Fsp3) is 0.692. The smallest absolute Gasteiger partial charge is 0.353 e. The van der Waals surface area contributed by atoms with Crippen LogP contribution in [0.15, 0.2) is 6.07 Å². The largest absolute Gasteiger partial charge is 0.475 e. The van der Waals surface area contributed by atoms with Gasteiger partial charge in [-0.3, -0.25) is 4.57 Å². The van der Waals surface area contributed by atoms with Gasteiger partial charge in [0.25, 0.3) is 0 Å². The average molecular weight is 428 g/mol. The summed E-state index contributed by atoms with van der Waals surface area (Å²) in [6.07, 6.45) is 2.19. The van der Waals surface area contributed by atoms with Crippen molar-refractivity contribution in [1.29, 1.82) is 0 Å². The third-order valence-electron chi connectivity index (χ3n) is 2.87. The van der Waals surface area contributed by atoms with Gasteiger partial charge in [-0.25, -0.2) is 0 Å². The maximum atomic E-state index is 11.9. The van der Waals surface area contributed by atoms with Gasteiger partial charge in [-0.1, -0.05) is 21.6 Å². The Bertz CT molecular complexity index is 565. The molecule has 2 unspecified atom stereocenters. The first kappa shape index (κ1) is 23.3. The number of aromatic nitrogens is 2. The minimum atomic E-state index is -3.89. The van der Waals surface area contributed by atoms with Gasteiger partial charge in [0.2, 0.25) is 11.8 Å². The molecule has 6 N–H and O–H groups in total. The summed E-state index contributed by atoms with van der Waals surface area (Å²) < 4.78 is 27.4. The second-order valence-corrected chi connectivity index (χ2v) is 9.54. The zero-order valence-electron chi connectivity index (χ0n) is 14.4. The Morgan fingerprint density at radius 3 is 2.77 bits per heavy atom. The molecular formula is C13H25N4O6PS2. The number of ether oxygens (including phenoxy) is 2. The molecule has 1 aromatic heterocycles. The van der Waals surface area contributed by atoms with E-state index in [4.69, 9.17) is 25.5 Å². The normalized spacial score (nSPS) is 14.7. The van der Waals surface area contributed by atoms with E-state index >= 15 is 0 Å². The van der Waals surface area contributed by atoms with Gasteiger partial charge in [0.15, 0.2) is 0 Å². The predicted molar refractivity (Wildman–Crippen MR) is 104 cm³/mol. The molecule has 0 aromatic carbocycles. The van der Waals surface area contributed by atoms with Crippen LogP contribution in [0.1, 0.15) is 12.8 Å². The fourth-order valence-electron chi connectivity index (χ4n) is 1.66. The number of anilines is 2. The molecular weight excluding hydrogens is 403 g/mol. The van der Waals surface area contributed by atoms with Crippen molar-refractivity contribution in [3.8, 4) is 5.88 Å². The van der Waals surface area contributed by atoms with E-state index in [2.05, 4.69) is 9.97 Å². The Balaban J connectivity index is 2.31. The summed E-state index contributed by atoms with van der Waals surface area (Å²) in [5, 5.41) is 9.30. The minimum Gasteiger partial charge on any atom is -0.475 e. The van der Waals surface area contributed by atoms with E-state index in [1.54, 1.807) is 21.6 Å². The quantitative estimate of drug-likeness (QED) is 0.191. The first-order valence-corrected chi connectivity index (χ1v) is 12.2. The van der Waals surface area contributed by atoms with Crippen LogP contribution in [0.3, 0.4) is 0 Å². The molecule has 0 fully saturated rings. The van der Waals surface area contributed by atoms with E-state index in [-0.39, 0.29) is 30.9 Å². The maximum absolute atomic E-state index is 11.9. The van der Waals surface area contributed by atoms with Crippen LogP contribution in [0.2, 0.25) is 0 Å². The van der Waals surface area contributed by atoms with Crippen molar-refractivity contribution >= 4 is 40.9 Å². The summed E-state index contributed by atoms with van der Waals surface area (Å²) >= 11 is 0. The van der Waals surface area contributed by atoms with Crippen molar-refractivity contribution in [3.63, 3.8) is 0 Å². The predicted octanol–water partition coefficient (Wildman–Crippen LogP) is 1.35. The van der Waals surface area contributed by atoms with Crippen LogP contribution < -0.4 is 16.2 Å². The number of aliphatic hydroxyl groups excluding tert-OH is 1. The molecule has 0 aliphatic heterocycles. The van der Waals surface area contributed by atoms with Crippen molar-refractivity contribution < 1.29 is 28.6 Å². The first-order chi connectivity index (χ1) is 12.4. The highest BCUT2D eigenvalue weighted by Crippen LogP contribution is 2.42. The molecule has 0 saturated carbocycles. The molecule has 150 valence electrons. The van der Waals surface area contributed by atoms with Gasteiger partial charge in [0, 0.05) is 11.8 Å². The number of nitrogen functional groups attached to an aromatic ring is 2. The van der Waals surface area contributed by atoms with Crippen LogP contribution in [0, 0.1) is 0 Å². The second kappa shape index (κ2) is 12.6. The molecule has 26 heavy (non-hydrogen) atoms. The van der Waals surface area contributed by atoms with Crippen LogP contribution in [0.4, 0.5) is 11.8 Å². The first-order valence-electron chi connectivity index (χ1n) is 7.73. The molecule has 0 aliphatic rings. The Morgan fingerprint density at radius 2 is 2.12 bits per heavy atom. The highest BCUT2D eigenvalue weighted by atomic mass is 33.1. The van der Waals surface area contributed by atoms with Crippen molar-refractivity contribution in [3.05, 3.63) is 6.07 Å². The SMILES string of the molecule is CSSCCCCOP(=O)(O)COC(CO)COc1cc(N)nc(N)n1. The number of unbranched alkanes of at least 4 members (excludes halogenated alkanes) is 1. The molecule has 1 aromatic rings. The van der Waals surface area contributed by atoms with Crippen molar-refractivity contribution in [2.45, 2.75) is 18.9 Å². The van der Waals surface area contributed by atoms with Gasteiger partial charge >= 0.3 is 7.60 Å². The minimum absolute atomic E-state index is 0.0503. The summed E-state index contributed by atoms with van der Waals surface area (Å²) in [7, 11) is -0.488. The molecule has 0 aliphatic carbocycles. The maximum Gasteiger partial charge on any atom is 0.353 e. The summed E-state index contributed by atoms with van der Waals surface area (Å²) in [4.78, 5) is 17.3. The summed E-state index contributed by atoms with van der Waals surface area (Å²) in [6.45, 7) is -0.355. The number of aliphatic hydroxyl groups is 1. The van der Waals surface area contributed by atoms with E-state index in [0.29, 0.717) is 6.42 Å². The van der Waals surface area contributed by atoms with Crippen molar-refractivity contribution in [1.82, 2.24) is 9.97 Å². The van der Waals surface area contributed by atoms with E-state index in [9.17, 15) is 14.6 Å². The number of nitrogens with two attached hydrogens (primary N) is 2.